The number of nitro groups is 1. The van der Waals surface area contributed by atoms with Gasteiger partial charge in [-0.1, -0.05) is 42.5 Å². The Bertz CT molecular complexity index is 954. The fourth-order valence-corrected chi connectivity index (χ4v) is 3.45. The van der Waals surface area contributed by atoms with Gasteiger partial charge < -0.3 is 10.1 Å². The highest BCUT2D eigenvalue weighted by Gasteiger charge is 2.19. The van der Waals surface area contributed by atoms with Gasteiger partial charge in [-0.2, -0.15) is 0 Å². The van der Waals surface area contributed by atoms with Crippen molar-refractivity contribution in [3.05, 3.63) is 91.7 Å². The van der Waals surface area contributed by atoms with Crippen LogP contribution in [0.2, 0.25) is 0 Å². The minimum atomic E-state index is -0.473. The lowest BCUT2D eigenvalue weighted by molar-refractivity contribution is -0.385. The summed E-state index contributed by atoms with van der Waals surface area (Å²) in [5.74, 6) is 0.480. The third kappa shape index (κ3) is 4.92. The van der Waals surface area contributed by atoms with Crippen molar-refractivity contribution in [3.8, 4) is 5.75 Å². The average Bonchev–Trinajstić information content (AvgIpc) is 3.08. The van der Waals surface area contributed by atoms with Gasteiger partial charge in [0.2, 0.25) is 0 Å². The third-order valence-corrected chi connectivity index (χ3v) is 4.94. The van der Waals surface area contributed by atoms with Gasteiger partial charge in [-0.25, -0.2) is 0 Å². The molecule has 27 heavy (non-hydrogen) atoms. The van der Waals surface area contributed by atoms with E-state index in [0.717, 1.165) is 28.2 Å². The minimum absolute atomic E-state index is 0.0230. The smallest absolute Gasteiger partial charge is 0.283 e. The molecule has 0 saturated heterocycles. The zero-order valence-corrected chi connectivity index (χ0v) is 15.5. The number of thiophene rings is 1. The maximum atomic E-state index is 12.3. The van der Waals surface area contributed by atoms with Crippen LogP contribution in [0.25, 0.3) is 0 Å². The van der Waals surface area contributed by atoms with Crippen molar-refractivity contribution in [2.24, 2.45) is 0 Å². The topological polar surface area (TPSA) is 81.5 Å². The molecule has 0 unspecified atom stereocenters. The van der Waals surface area contributed by atoms with E-state index in [4.69, 9.17) is 4.74 Å². The molecule has 6 nitrogen and oxygen atoms in total. The highest BCUT2D eigenvalue weighted by molar-refractivity contribution is 7.14. The van der Waals surface area contributed by atoms with Crippen LogP contribution in [0.1, 0.15) is 25.7 Å². The Hall–Kier alpha value is -3.19. The highest BCUT2D eigenvalue weighted by Crippen LogP contribution is 2.27. The predicted octanol–water partition coefficient (Wildman–Crippen LogP) is 4.47. The van der Waals surface area contributed by atoms with E-state index in [1.165, 1.54) is 6.07 Å². The van der Waals surface area contributed by atoms with E-state index >= 15 is 0 Å². The standard InChI is InChI=1S/C20H18N2O4S/c1-14-18(22(24)25)11-19(27-14)20(23)21-12-15-6-5-7-16(10-15)13-26-17-8-3-2-4-9-17/h2-11H,12-13H2,1H3,(H,21,23). The first-order valence-corrected chi connectivity index (χ1v) is 9.13. The first-order valence-electron chi connectivity index (χ1n) is 8.31. The number of carbonyl (C=O) groups is 1. The van der Waals surface area contributed by atoms with Crippen molar-refractivity contribution in [3.63, 3.8) is 0 Å². The number of rotatable bonds is 7. The quantitative estimate of drug-likeness (QED) is 0.483. The van der Waals surface area contributed by atoms with E-state index in [9.17, 15) is 14.9 Å². The van der Waals surface area contributed by atoms with Crippen LogP contribution in [0.5, 0.6) is 5.75 Å². The number of nitrogens with one attached hydrogen (secondary N) is 1. The van der Waals surface area contributed by atoms with Crippen molar-refractivity contribution >= 4 is 22.9 Å². The molecule has 0 fully saturated rings. The Morgan fingerprint density at radius 2 is 1.85 bits per heavy atom. The van der Waals surface area contributed by atoms with Gasteiger partial charge in [-0.3, -0.25) is 14.9 Å². The summed E-state index contributed by atoms with van der Waals surface area (Å²) in [6.07, 6.45) is 0. The normalized spacial score (nSPS) is 10.4. The molecular formula is C20H18N2O4S. The SMILES string of the molecule is Cc1sc(C(=O)NCc2cccc(COc3ccccc3)c2)cc1[N+](=O)[O-]. The Morgan fingerprint density at radius 1 is 1.11 bits per heavy atom. The number of aryl methyl sites for hydroxylation is 1. The molecule has 138 valence electrons. The fraction of sp³-hybridized carbons (Fsp3) is 0.150. The second-order valence-electron chi connectivity index (χ2n) is 5.91. The molecule has 0 aliphatic heterocycles. The summed E-state index contributed by atoms with van der Waals surface area (Å²) < 4.78 is 5.73. The number of carbonyl (C=O) groups excluding carboxylic acids is 1. The molecule has 1 N–H and O–H groups in total. The van der Waals surface area contributed by atoms with E-state index < -0.39 is 4.92 Å². The monoisotopic (exact) mass is 382 g/mol. The molecule has 0 bridgehead atoms. The number of para-hydroxylation sites is 1. The van der Waals surface area contributed by atoms with Gasteiger partial charge in [-0.05, 0) is 30.2 Å². The van der Waals surface area contributed by atoms with Crippen molar-refractivity contribution in [1.82, 2.24) is 5.32 Å². The lowest BCUT2D eigenvalue weighted by Gasteiger charge is -2.08. The van der Waals surface area contributed by atoms with Gasteiger partial charge in [0.15, 0.2) is 0 Å². The van der Waals surface area contributed by atoms with Gasteiger partial charge >= 0.3 is 0 Å². The molecule has 1 aromatic heterocycles. The molecule has 0 spiro atoms. The van der Waals surface area contributed by atoms with Gasteiger partial charge in [0.1, 0.15) is 12.4 Å². The van der Waals surface area contributed by atoms with E-state index in [1.54, 1.807) is 6.92 Å². The summed E-state index contributed by atoms with van der Waals surface area (Å²) in [5.41, 5.74) is 1.90. The van der Waals surface area contributed by atoms with E-state index in [1.807, 2.05) is 54.6 Å². The maximum absolute atomic E-state index is 12.3. The molecule has 3 rings (SSSR count). The first kappa shape index (κ1) is 18.6. The van der Waals surface area contributed by atoms with Gasteiger partial charge in [-0.15, -0.1) is 11.3 Å². The summed E-state index contributed by atoms with van der Waals surface area (Å²) in [6, 6.07) is 18.6. The lowest BCUT2D eigenvalue weighted by atomic mass is 10.1. The molecule has 0 radical (unpaired) electrons. The van der Waals surface area contributed by atoms with Crippen LogP contribution in [-0.2, 0) is 13.2 Å². The summed E-state index contributed by atoms with van der Waals surface area (Å²) in [6.45, 7) is 2.40. The van der Waals surface area contributed by atoms with Crippen LogP contribution in [0.4, 0.5) is 5.69 Å². The lowest BCUT2D eigenvalue weighted by Crippen LogP contribution is -2.21. The van der Waals surface area contributed by atoms with E-state index in [-0.39, 0.29) is 11.6 Å². The largest absolute Gasteiger partial charge is 0.489 e. The summed E-state index contributed by atoms with van der Waals surface area (Å²) >= 11 is 1.12. The molecule has 0 saturated carbocycles. The number of amides is 1. The van der Waals surface area contributed by atoms with Crippen molar-refractivity contribution in [1.29, 1.82) is 0 Å². The number of benzene rings is 2. The summed E-state index contributed by atoms with van der Waals surface area (Å²) in [7, 11) is 0. The third-order valence-electron chi connectivity index (χ3n) is 3.91. The molecule has 7 heteroatoms. The van der Waals surface area contributed by atoms with Crippen molar-refractivity contribution in [2.75, 3.05) is 0 Å². The number of nitrogens with zero attached hydrogens (tertiary/aromatic N) is 1. The van der Waals surface area contributed by atoms with Crippen LogP contribution in [0.3, 0.4) is 0 Å². The molecule has 1 amide bonds. The van der Waals surface area contributed by atoms with E-state index in [2.05, 4.69) is 5.32 Å². The molecule has 0 atom stereocenters. The van der Waals surface area contributed by atoms with Crippen molar-refractivity contribution < 1.29 is 14.5 Å². The zero-order valence-electron chi connectivity index (χ0n) is 14.7. The van der Waals surface area contributed by atoms with Gasteiger partial charge in [0.05, 0.1) is 14.7 Å². The van der Waals surface area contributed by atoms with Crippen LogP contribution in [0.15, 0.2) is 60.7 Å². The highest BCUT2D eigenvalue weighted by atomic mass is 32.1. The molecule has 2 aromatic carbocycles. The minimum Gasteiger partial charge on any atom is -0.489 e. The predicted molar refractivity (Wildman–Crippen MR) is 104 cm³/mol. The summed E-state index contributed by atoms with van der Waals surface area (Å²) in [5, 5.41) is 13.7. The van der Waals surface area contributed by atoms with Gasteiger partial charge in [0, 0.05) is 12.6 Å². The second kappa shape index (κ2) is 8.46. The van der Waals surface area contributed by atoms with Crippen LogP contribution >= 0.6 is 11.3 Å². The molecule has 0 aliphatic carbocycles. The molecular weight excluding hydrogens is 364 g/mol. The zero-order chi connectivity index (χ0) is 19.2. The second-order valence-corrected chi connectivity index (χ2v) is 7.17. The Balaban J connectivity index is 1.58. The van der Waals surface area contributed by atoms with Gasteiger partial charge in [0.25, 0.3) is 11.6 Å². The van der Waals surface area contributed by atoms with Crippen LogP contribution < -0.4 is 10.1 Å². The first-order chi connectivity index (χ1) is 13.0. The molecule has 1 heterocycles. The number of hydrogen-bond acceptors (Lipinski definition) is 5. The Kier molecular flexibility index (Phi) is 5.83. The van der Waals surface area contributed by atoms with E-state index in [0.29, 0.717) is 22.9 Å². The van der Waals surface area contributed by atoms with Crippen LogP contribution in [-0.4, -0.2) is 10.8 Å². The number of hydrogen-bond donors (Lipinski definition) is 1. The Labute approximate surface area is 160 Å². The van der Waals surface area contributed by atoms with Crippen molar-refractivity contribution in [2.45, 2.75) is 20.1 Å². The van der Waals surface area contributed by atoms with Crippen LogP contribution in [0, 0.1) is 17.0 Å². The Morgan fingerprint density at radius 3 is 2.56 bits per heavy atom. The number of ether oxygens (including phenoxy) is 1. The maximum Gasteiger partial charge on any atom is 0.283 e. The molecule has 0 aliphatic rings. The fourth-order valence-electron chi connectivity index (χ4n) is 2.55. The average molecular weight is 382 g/mol. The molecule has 3 aromatic rings. The summed E-state index contributed by atoms with van der Waals surface area (Å²) in [4.78, 5) is 23.5.